The van der Waals surface area contributed by atoms with Crippen molar-refractivity contribution < 1.29 is 9.53 Å². The van der Waals surface area contributed by atoms with E-state index in [0.29, 0.717) is 25.3 Å². The summed E-state index contributed by atoms with van der Waals surface area (Å²) in [5.74, 6) is 0.826. The summed E-state index contributed by atoms with van der Waals surface area (Å²) in [7, 11) is 1.73. The second-order valence-electron chi connectivity index (χ2n) is 8.69. The second-order valence-corrected chi connectivity index (χ2v) is 8.69. The van der Waals surface area contributed by atoms with Crippen LogP contribution in [0, 0.1) is 5.92 Å². The number of nitrogens with one attached hydrogen (secondary N) is 2. The average molecular weight is 498 g/mol. The molecule has 1 heterocycles. The summed E-state index contributed by atoms with van der Waals surface area (Å²) in [6, 6.07) is 17.9. The van der Waals surface area contributed by atoms with Crippen LogP contribution in [0.2, 0.25) is 0 Å². The molecule has 7 heteroatoms. The minimum atomic E-state index is -0.0429. The van der Waals surface area contributed by atoms with Crippen LogP contribution in [0.4, 0.5) is 0 Å². The Morgan fingerprint density at radius 1 is 1.14 bits per heavy atom. The predicted molar refractivity (Wildman–Crippen MR) is 148 cm³/mol. The number of benzene rings is 2. The van der Waals surface area contributed by atoms with Gasteiger partial charge in [-0.15, -0.1) is 6.58 Å². The molecular weight excluding hydrogens is 462 g/mol. The first kappa shape index (κ1) is 27.5. The lowest BCUT2D eigenvalue weighted by Gasteiger charge is -2.24. The highest BCUT2D eigenvalue weighted by atomic mass is 16.5. The van der Waals surface area contributed by atoms with Crippen molar-refractivity contribution in [2.45, 2.75) is 39.3 Å². The Bertz CT molecular complexity index is 1220. The Morgan fingerprint density at radius 2 is 1.95 bits per heavy atom. The SMILES string of the molecule is C=CC.C=Cc1ccc(COc2ccc3c(c2)C(=O)C(Cc2cccc(CN=NNNC)c2)CC3)nc1. The van der Waals surface area contributed by atoms with Gasteiger partial charge in [-0.2, -0.15) is 5.11 Å². The first-order chi connectivity index (χ1) is 18.1. The van der Waals surface area contributed by atoms with Gasteiger partial charge in [-0.3, -0.25) is 9.78 Å². The fraction of sp³-hybridized carbons (Fsp3) is 0.267. The van der Waals surface area contributed by atoms with Gasteiger partial charge in [-0.1, -0.05) is 60.4 Å². The number of aryl methyl sites for hydroxylation is 1. The van der Waals surface area contributed by atoms with Crippen LogP contribution in [0.3, 0.4) is 0 Å². The lowest BCUT2D eigenvalue weighted by molar-refractivity contribution is 0.0900. The van der Waals surface area contributed by atoms with Crippen LogP contribution in [-0.4, -0.2) is 17.8 Å². The molecule has 37 heavy (non-hydrogen) atoms. The van der Waals surface area contributed by atoms with E-state index in [9.17, 15) is 4.79 Å². The van der Waals surface area contributed by atoms with Gasteiger partial charge in [-0.05, 0) is 66.6 Å². The zero-order valence-corrected chi connectivity index (χ0v) is 21.6. The normalized spacial score (nSPS) is 14.3. The molecule has 0 radical (unpaired) electrons. The number of rotatable bonds is 10. The third-order valence-corrected chi connectivity index (χ3v) is 5.91. The van der Waals surface area contributed by atoms with Crippen LogP contribution in [0.1, 0.15) is 51.7 Å². The highest BCUT2D eigenvalue weighted by Gasteiger charge is 2.28. The Labute approximate surface area is 219 Å². The second kappa shape index (κ2) is 14.5. The molecule has 1 aliphatic carbocycles. The van der Waals surface area contributed by atoms with Crippen LogP contribution in [-0.2, 0) is 26.0 Å². The number of aromatic nitrogens is 1. The number of carbonyl (C=O) groups is 1. The Balaban J connectivity index is 0.00000121. The van der Waals surface area contributed by atoms with E-state index < -0.39 is 0 Å². The quantitative estimate of drug-likeness (QED) is 0.201. The summed E-state index contributed by atoms with van der Waals surface area (Å²) in [6.45, 7) is 9.82. The number of hydrazine groups is 1. The molecule has 1 unspecified atom stereocenters. The maximum absolute atomic E-state index is 13.3. The Hall–Kier alpha value is -4.10. The van der Waals surface area contributed by atoms with Gasteiger partial charge in [0.15, 0.2) is 5.78 Å². The summed E-state index contributed by atoms with van der Waals surface area (Å²) >= 11 is 0. The number of ketones is 1. The maximum Gasteiger partial charge on any atom is 0.166 e. The van der Waals surface area contributed by atoms with Crippen LogP contribution in [0.25, 0.3) is 6.08 Å². The van der Waals surface area contributed by atoms with Crippen molar-refractivity contribution in [3.8, 4) is 5.75 Å². The molecule has 0 amide bonds. The van der Waals surface area contributed by atoms with E-state index in [1.54, 1.807) is 25.4 Å². The molecule has 192 valence electrons. The van der Waals surface area contributed by atoms with Gasteiger partial charge in [0, 0.05) is 24.7 Å². The number of hydrogen-bond acceptors (Lipinski definition) is 6. The fourth-order valence-electron chi connectivity index (χ4n) is 4.11. The lowest BCUT2D eigenvalue weighted by atomic mass is 9.79. The summed E-state index contributed by atoms with van der Waals surface area (Å²) in [5.41, 5.74) is 11.1. The first-order valence-corrected chi connectivity index (χ1v) is 12.4. The van der Waals surface area contributed by atoms with E-state index in [4.69, 9.17) is 4.74 Å². The molecule has 3 aromatic rings. The van der Waals surface area contributed by atoms with E-state index in [2.05, 4.69) is 51.6 Å². The fourth-order valence-corrected chi connectivity index (χ4v) is 4.11. The Morgan fingerprint density at radius 3 is 2.68 bits per heavy atom. The molecule has 2 aromatic carbocycles. The van der Waals surface area contributed by atoms with Gasteiger partial charge in [0.2, 0.25) is 0 Å². The van der Waals surface area contributed by atoms with Crippen molar-refractivity contribution in [1.29, 1.82) is 0 Å². The molecule has 0 fully saturated rings. The van der Waals surface area contributed by atoms with Gasteiger partial charge in [0.25, 0.3) is 0 Å². The molecular formula is C30H35N5O2. The van der Waals surface area contributed by atoms with Crippen LogP contribution in [0.15, 0.2) is 90.4 Å². The van der Waals surface area contributed by atoms with Crippen LogP contribution in [0.5, 0.6) is 5.75 Å². The third kappa shape index (κ3) is 8.22. The van der Waals surface area contributed by atoms with Crippen molar-refractivity contribution in [2.24, 2.45) is 16.3 Å². The molecule has 4 rings (SSSR count). The molecule has 7 nitrogen and oxygen atoms in total. The predicted octanol–water partition coefficient (Wildman–Crippen LogP) is 6.07. The topological polar surface area (TPSA) is 88.0 Å². The zero-order chi connectivity index (χ0) is 26.5. The monoisotopic (exact) mass is 497 g/mol. The average Bonchev–Trinajstić information content (AvgIpc) is 2.93. The van der Waals surface area contributed by atoms with Crippen molar-refractivity contribution in [3.63, 3.8) is 0 Å². The number of ether oxygens (including phenoxy) is 1. The van der Waals surface area contributed by atoms with Crippen molar-refractivity contribution in [3.05, 3.63) is 114 Å². The zero-order valence-electron chi connectivity index (χ0n) is 21.6. The van der Waals surface area contributed by atoms with Crippen molar-refractivity contribution >= 4 is 11.9 Å². The Kier molecular flexibility index (Phi) is 10.7. The van der Waals surface area contributed by atoms with Gasteiger partial charge in [0.1, 0.15) is 12.4 Å². The van der Waals surface area contributed by atoms with Crippen molar-refractivity contribution in [2.75, 3.05) is 7.05 Å². The van der Waals surface area contributed by atoms with E-state index in [0.717, 1.165) is 46.4 Å². The summed E-state index contributed by atoms with van der Waals surface area (Å²) in [4.78, 5) is 17.7. The molecule has 1 aromatic heterocycles. The molecule has 0 bridgehead atoms. The molecule has 0 saturated carbocycles. The first-order valence-electron chi connectivity index (χ1n) is 12.4. The van der Waals surface area contributed by atoms with Gasteiger partial charge in [0.05, 0.1) is 12.2 Å². The standard InChI is InChI=1S/C27H29N5O2.C3H6/c1-3-19-7-11-24(29-16-19)18-34-25-12-10-22-8-9-23(27(33)26(22)15-25)14-20-5-4-6-21(13-20)17-30-32-31-28-2;1-3-2/h3-7,10-13,15-16,23H,1,8-9,14,17-18H2,2H3,(H,28,32)(H,30,31);3H,1H2,2H3. The molecule has 1 atom stereocenters. The van der Waals surface area contributed by atoms with Gasteiger partial charge >= 0.3 is 0 Å². The molecule has 1 aliphatic rings. The number of hydrogen-bond donors (Lipinski definition) is 2. The van der Waals surface area contributed by atoms with Gasteiger partial charge in [-0.25, -0.2) is 11.0 Å². The molecule has 0 spiro atoms. The van der Waals surface area contributed by atoms with E-state index >= 15 is 0 Å². The van der Waals surface area contributed by atoms with Crippen LogP contribution < -0.4 is 15.7 Å². The summed E-state index contributed by atoms with van der Waals surface area (Å²) in [5, 5.41) is 7.89. The minimum absolute atomic E-state index is 0.0429. The van der Waals surface area contributed by atoms with Crippen molar-refractivity contribution in [1.82, 2.24) is 15.9 Å². The molecule has 0 saturated heterocycles. The summed E-state index contributed by atoms with van der Waals surface area (Å²) in [6.07, 6.45) is 7.72. The highest BCUT2D eigenvalue weighted by molar-refractivity contribution is 6.00. The van der Waals surface area contributed by atoms with E-state index in [1.807, 2.05) is 49.4 Å². The number of pyridine rings is 1. The number of nitrogens with zero attached hydrogens (tertiary/aromatic N) is 3. The van der Waals surface area contributed by atoms with E-state index in [1.165, 1.54) is 0 Å². The lowest BCUT2D eigenvalue weighted by Crippen LogP contribution is -2.24. The molecule has 0 aliphatic heterocycles. The van der Waals surface area contributed by atoms with E-state index in [-0.39, 0.29) is 11.7 Å². The number of carbonyl (C=O) groups excluding carboxylic acids is 1. The number of Topliss-reactive ketones (excluding diaryl/α,β-unsaturated/α-hetero) is 1. The van der Waals surface area contributed by atoms with Crippen LogP contribution >= 0.6 is 0 Å². The maximum atomic E-state index is 13.3. The largest absolute Gasteiger partial charge is 0.487 e. The third-order valence-electron chi connectivity index (χ3n) is 5.91. The highest BCUT2D eigenvalue weighted by Crippen LogP contribution is 2.31. The number of fused-ring (bicyclic) bond motifs is 1. The minimum Gasteiger partial charge on any atom is -0.487 e. The number of allylic oxidation sites excluding steroid dienone is 1. The van der Waals surface area contributed by atoms with Gasteiger partial charge < -0.3 is 4.74 Å². The smallest absolute Gasteiger partial charge is 0.166 e. The molecule has 2 N–H and O–H groups in total. The summed E-state index contributed by atoms with van der Waals surface area (Å²) < 4.78 is 5.93.